The average molecular weight is 322 g/mol. The van der Waals surface area contributed by atoms with Gasteiger partial charge < -0.3 is 19.3 Å². The topological polar surface area (TPSA) is 76.5 Å². The highest BCUT2D eigenvalue weighted by atomic mass is 32.1. The minimum atomic E-state index is 0.455. The van der Waals surface area contributed by atoms with Gasteiger partial charge in [0.05, 0.1) is 19.5 Å². The molecular formula is C13H18N6O2S. The Hall–Kier alpha value is -2.00. The fourth-order valence-electron chi connectivity index (χ4n) is 2.24. The van der Waals surface area contributed by atoms with Crippen LogP contribution in [-0.2, 0) is 11.3 Å². The standard InChI is InChI=1S/C13H18N6O2S/c1-20-9-11-16-13(22-17-11)19-5-3-18(4-6-19)12-14-7-10(21-2)8-15-12/h7-8H,3-6,9H2,1-2H3. The SMILES string of the molecule is COCc1nsc(N2CCN(c3ncc(OC)cn3)CC2)n1. The van der Waals surface area contributed by atoms with Crippen LogP contribution >= 0.6 is 11.5 Å². The van der Waals surface area contributed by atoms with Crippen molar-refractivity contribution in [3.8, 4) is 5.75 Å². The maximum Gasteiger partial charge on any atom is 0.225 e. The molecule has 0 unspecified atom stereocenters. The normalized spacial score (nSPS) is 15.2. The molecule has 0 spiro atoms. The Balaban J connectivity index is 1.59. The Bertz CT molecular complexity index is 597. The molecular weight excluding hydrogens is 304 g/mol. The number of piperazine rings is 1. The molecule has 0 saturated carbocycles. The number of methoxy groups -OCH3 is 2. The van der Waals surface area contributed by atoms with Crippen molar-refractivity contribution >= 4 is 22.6 Å². The largest absolute Gasteiger partial charge is 0.494 e. The van der Waals surface area contributed by atoms with Crippen LogP contribution in [0.1, 0.15) is 5.82 Å². The van der Waals surface area contributed by atoms with Crippen molar-refractivity contribution in [2.45, 2.75) is 6.61 Å². The van der Waals surface area contributed by atoms with Crippen LogP contribution in [0, 0.1) is 0 Å². The smallest absolute Gasteiger partial charge is 0.225 e. The second kappa shape index (κ2) is 6.84. The van der Waals surface area contributed by atoms with Gasteiger partial charge in [-0.05, 0) is 0 Å². The molecule has 1 aliphatic rings. The number of rotatable bonds is 5. The van der Waals surface area contributed by atoms with Gasteiger partial charge in [-0.25, -0.2) is 15.0 Å². The van der Waals surface area contributed by atoms with Crippen molar-refractivity contribution in [1.82, 2.24) is 19.3 Å². The maximum absolute atomic E-state index is 5.08. The summed E-state index contributed by atoms with van der Waals surface area (Å²) in [6.07, 6.45) is 3.38. The molecule has 0 amide bonds. The number of ether oxygens (including phenoxy) is 2. The lowest BCUT2D eigenvalue weighted by Gasteiger charge is -2.34. The van der Waals surface area contributed by atoms with E-state index in [4.69, 9.17) is 9.47 Å². The molecule has 0 radical (unpaired) electrons. The Labute approximate surface area is 132 Å². The Morgan fingerprint density at radius 3 is 2.41 bits per heavy atom. The van der Waals surface area contributed by atoms with Crippen LogP contribution in [0.3, 0.4) is 0 Å². The van der Waals surface area contributed by atoms with Crippen molar-refractivity contribution in [3.05, 3.63) is 18.2 Å². The molecule has 3 heterocycles. The summed E-state index contributed by atoms with van der Waals surface area (Å²) in [6, 6.07) is 0. The van der Waals surface area contributed by atoms with E-state index in [1.54, 1.807) is 26.6 Å². The van der Waals surface area contributed by atoms with Crippen LogP contribution in [-0.4, -0.2) is 59.7 Å². The van der Waals surface area contributed by atoms with Crippen LogP contribution in [0.5, 0.6) is 5.75 Å². The minimum Gasteiger partial charge on any atom is -0.494 e. The number of hydrogen-bond acceptors (Lipinski definition) is 9. The van der Waals surface area contributed by atoms with Crippen molar-refractivity contribution in [2.24, 2.45) is 0 Å². The summed E-state index contributed by atoms with van der Waals surface area (Å²) >= 11 is 1.42. The Morgan fingerprint density at radius 1 is 1.09 bits per heavy atom. The van der Waals surface area contributed by atoms with E-state index in [0.717, 1.165) is 43.1 Å². The molecule has 0 aromatic carbocycles. The lowest BCUT2D eigenvalue weighted by atomic mass is 10.3. The van der Waals surface area contributed by atoms with E-state index in [0.29, 0.717) is 12.4 Å². The zero-order valence-electron chi connectivity index (χ0n) is 12.6. The van der Waals surface area contributed by atoms with Crippen LogP contribution < -0.4 is 14.5 Å². The van der Waals surface area contributed by atoms with E-state index in [1.165, 1.54) is 11.5 Å². The first-order valence-electron chi connectivity index (χ1n) is 6.97. The number of aromatic nitrogens is 4. The highest BCUT2D eigenvalue weighted by Gasteiger charge is 2.21. The second-order valence-corrected chi connectivity index (χ2v) is 5.55. The van der Waals surface area contributed by atoms with Crippen LogP contribution in [0.25, 0.3) is 0 Å². The van der Waals surface area contributed by atoms with Crippen molar-refractivity contribution in [3.63, 3.8) is 0 Å². The molecule has 0 atom stereocenters. The Morgan fingerprint density at radius 2 is 1.77 bits per heavy atom. The summed E-state index contributed by atoms with van der Waals surface area (Å²) in [5, 5.41) is 0.947. The molecule has 0 bridgehead atoms. The van der Waals surface area contributed by atoms with Crippen LogP contribution in [0.15, 0.2) is 12.4 Å². The van der Waals surface area contributed by atoms with Gasteiger partial charge >= 0.3 is 0 Å². The molecule has 9 heteroatoms. The molecule has 2 aromatic rings. The molecule has 8 nitrogen and oxygen atoms in total. The summed E-state index contributed by atoms with van der Waals surface area (Å²) in [6.45, 7) is 3.90. The third-order valence-corrected chi connectivity index (χ3v) is 4.23. The van der Waals surface area contributed by atoms with E-state index < -0.39 is 0 Å². The summed E-state index contributed by atoms with van der Waals surface area (Å²) in [5.41, 5.74) is 0. The fraction of sp³-hybridized carbons (Fsp3) is 0.538. The van der Waals surface area contributed by atoms with Crippen LogP contribution in [0.4, 0.5) is 11.1 Å². The van der Waals surface area contributed by atoms with E-state index in [2.05, 4.69) is 29.1 Å². The maximum atomic E-state index is 5.08. The van der Waals surface area contributed by atoms with Crippen LogP contribution in [0.2, 0.25) is 0 Å². The van der Waals surface area contributed by atoms with Gasteiger partial charge in [0.2, 0.25) is 11.1 Å². The molecule has 0 aliphatic carbocycles. The minimum absolute atomic E-state index is 0.455. The van der Waals surface area contributed by atoms with Gasteiger partial charge in [-0.2, -0.15) is 4.37 Å². The molecule has 1 aliphatic heterocycles. The van der Waals surface area contributed by atoms with Crippen molar-refractivity contribution in [2.75, 3.05) is 50.2 Å². The van der Waals surface area contributed by atoms with E-state index >= 15 is 0 Å². The van der Waals surface area contributed by atoms with Gasteiger partial charge in [0.15, 0.2) is 11.6 Å². The van der Waals surface area contributed by atoms with E-state index in [-0.39, 0.29) is 0 Å². The number of nitrogens with zero attached hydrogens (tertiary/aromatic N) is 6. The quantitative estimate of drug-likeness (QED) is 0.800. The van der Waals surface area contributed by atoms with Gasteiger partial charge in [-0.15, -0.1) is 0 Å². The van der Waals surface area contributed by atoms with Gasteiger partial charge in [-0.1, -0.05) is 0 Å². The highest BCUT2D eigenvalue weighted by molar-refractivity contribution is 7.09. The molecule has 1 saturated heterocycles. The molecule has 22 heavy (non-hydrogen) atoms. The zero-order valence-corrected chi connectivity index (χ0v) is 13.4. The van der Waals surface area contributed by atoms with Gasteiger partial charge in [-0.3, -0.25) is 0 Å². The summed E-state index contributed by atoms with van der Waals surface area (Å²) in [4.78, 5) is 17.5. The average Bonchev–Trinajstić information content (AvgIpc) is 3.04. The van der Waals surface area contributed by atoms with Crippen molar-refractivity contribution in [1.29, 1.82) is 0 Å². The van der Waals surface area contributed by atoms with Crippen molar-refractivity contribution < 1.29 is 9.47 Å². The predicted molar refractivity (Wildman–Crippen MR) is 83.6 cm³/mol. The first-order chi connectivity index (χ1) is 10.8. The number of anilines is 2. The first-order valence-corrected chi connectivity index (χ1v) is 7.75. The predicted octanol–water partition coefficient (Wildman–Crippen LogP) is 0.810. The van der Waals surface area contributed by atoms with Gasteiger partial charge in [0.1, 0.15) is 6.61 Å². The van der Waals surface area contributed by atoms with E-state index in [9.17, 15) is 0 Å². The lowest BCUT2D eigenvalue weighted by Crippen LogP contribution is -2.47. The molecule has 3 rings (SSSR count). The third kappa shape index (κ3) is 3.25. The zero-order chi connectivity index (χ0) is 15.4. The first kappa shape index (κ1) is 14.9. The fourth-order valence-corrected chi connectivity index (χ4v) is 2.96. The number of hydrogen-bond donors (Lipinski definition) is 0. The monoisotopic (exact) mass is 322 g/mol. The third-order valence-electron chi connectivity index (χ3n) is 3.41. The molecule has 2 aromatic heterocycles. The van der Waals surface area contributed by atoms with Gasteiger partial charge in [0.25, 0.3) is 0 Å². The summed E-state index contributed by atoms with van der Waals surface area (Å²) in [7, 11) is 3.26. The Kier molecular flexibility index (Phi) is 4.64. The lowest BCUT2D eigenvalue weighted by molar-refractivity contribution is 0.179. The summed E-state index contributed by atoms with van der Waals surface area (Å²) < 4.78 is 14.4. The molecule has 0 N–H and O–H groups in total. The van der Waals surface area contributed by atoms with E-state index in [1.807, 2.05) is 0 Å². The highest BCUT2D eigenvalue weighted by Crippen LogP contribution is 2.21. The molecule has 118 valence electrons. The van der Waals surface area contributed by atoms with Gasteiger partial charge in [0, 0.05) is 44.8 Å². The second-order valence-electron chi connectivity index (χ2n) is 4.82. The summed E-state index contributed by atoms with van der Waals surface area (Å²) in [5.74, 6) is 2.14. The molecule has 1 fully saturated rings.